The molecule has 0 unspecified atom stereocenters. The standard InChI is InChI=1S/C19H22N2O5S2/c1-13(22)20-15-5-7-16(8-6-15)28(23,24)21-10-11-27-19(21)14-4-9-17(25-2)18(12-14)26-3/h4-9,12,19H,10-11H2,1-3H3,(H,20,22)/t19-/m0/s1. The number of thioether (sulfide) groups is 1. The molecule has 1 atom stereocenters. The number of hydrogen-bond donors (Lipinski definition) is 1. The van der Waals surface area contributed by atoms with Crippen LogP contribution in [0.2, 0.25) is 0 Å². The van der Waals surface area contributed by atoms with E-state index in [0.717, 1.165) is 5.56 Å². The maximum Gasteiger partial charge on any atom is 0.244 e. The molecule has 28 heavy (non-hydrogen) atoms. The van der Waals surface area contributed by atoms with Crippen LogP contribution in [0.1, 0.15) is 17.9 Å². The lowest BCUT2D eigenvalue weighted by Gasteiger charge is -2.24. The van der Waals surface area contributed by atoms with Gasteiger partial charge in [0.25, 0.3) is 0 Å². The van der Waals surface area contributed by atoms with Crippen LogP contribution in [0.5, 0.6) is 11.5 Å². The van der Waals surface area contributed by atoms with Crippen molar-refractivity contribution in [3.63, 3.8) is 0 Å². The van der Waals surface area contributed by atoms with Gasteiger partial charge in [-0.25, -0.2) is 8.42 Å². The molecule has 3 rings (SSSR count). The number of nitrogens with one attached hydrogen (secondary N) is 1. The van der Waals surface area contributed by atoms with Gasteiger partial charge in [0.1, 0.15) is 0 Å². The molecule has 150 valence electrons. The smallest absolute Gasteiger partial charge is 0.244 e. The number of carbonyl (C=O) groups is 1. The largest absolute Gasteiger partial charge is 0.493 e. The molecule has 1 fully saturated rings. The molecule has 0 aromatic heterocycles. The second-order valence-electron chi connectivity index (χ2n) is 6.16. The van der Waals surface area contributed by atoms with E-state index in [0.29, 0.717) is 29.5 Å². The Bertz CT molecular complexity index is 961. The summed E-state index contributed by atoms with van der Waals surface area (Å²) in [4.78, 5) is 11.3. The Balaban J connectivity index is 1.90. The first-order chi connectivity index (χ1) is 13.4. The van der Waals surface area contributed by atoms with Crippen molar-refractivity contribution < 1.29 is 22.7 Å². The fourth-order valence-electron chi connectivity index (χ4n) is 3.02. The van der Waals surface area contributed by atoms with E-state index in [1.54, 1.807) is 44.2 Å². The van der Waals surface area contributed by atoms with Crippen molar-refractivity contribution in [2.45, 2.75) is 17.2 Å². The lowest BCUT2D eigenvalue weighted by molar-refractivity contribution is -0.114. The third kappa shape index (κ3) is 4.11. The molecule has 1 saturated heterocycles. The number of carbonyl (C=O) groups excluding carboxylic acids is 1. The topological polar surface area (TPSA) is 84.9 Å². The first-order valence-electron chi connectivity index (χ1n) is 8.60. The van der Waals surface area contributed by atoms with E-state index in [1.807, 2.05) is 12.1 Å². The Labute approximate surface area is 169 Å². The predicted molar refractivity (Wildman–Crippen MR) is 109 cm³/mol. The molecule has 1 N–H and O–H groups in total. The predicted octanol–water partition coefficient (Wildman–Crippen LogP) is 3.10. The van der Waals surface area contributed by atoms with Crippen LogP contribution in [0.3, 0.4) is 0 Å². The summed E-state index contributed by atoms with van der Waals surface area (Å²) >= 11 is 1.56. The minimum atomic E-state index is -3.69. The average Bonchev–Trinajstić information content (AvgIpc) is 3.18. The third-order valence-electron chi connectivity index (χ3n) is 4.32. The van der Waals surface area contributed by atoms with Crippen molar-refractivity contribution in [1.29, 1.82) is 0 Å². The van der Waals surface area contributed by atoms with Gasteiger partial charge >= 0.3 is 0 Å². The van der Waals surface area contributed by atoms with Crippen LogP contribution < -0.4 is 14.8 Å². The molecule has 0 radical (unpaired) electrons. The van der Waals surface area contributed by atoms with Gasteiger partial charge in [0, 0.05) is 24.9 Å². The van der Waals surface area contributed by atoms with Crippen molar-refractivity contribution >= 4 is 33.4 Å². The normalized spacial score (nSPS) is 17.3. The van der Waals surface area contributed by atoms with Gasteiger partial charge in [0.05, 0.1) is 24.5 Å². The molecule has 1 aliphatic rings. The number of ether oxygens (including phenoxy) is 2. The number of hydrogen-bond acceptors (Lipinski definition) is 6. The molecule has 9 heteroatoms. The monoisotopic (exact) mass is 422 g/mol. The highest BCUT2D eigenvalue weighted by Crippen LogP contribution is 2.43. The fraction of sp³-hybridized carbons (Fsp3) is 0.316. The van der Waals surface area contributed by atoms with Gasteiger partial charge in [0.15, 0.2) is 11.5 Å². The summed E-state index contributed by atoms with van der Waals surface area (Å²) in [7, 11) is -0.580. The van der Waals surface area contributed by atoms with Gasteiger partial charge in [-0.05, 0) is 42.0 Å². The number of rotatable bonds is 6. The third-order valence-corrected chi connectivity index (χ3v) is 7.60. The zero-order chi connectivity index (χ0) is 20.3. The van der Waals surface area contributed by atoms with Crippen molar-refractivity contribution in [2.75, 3.05) is 31.8 Å². The van der Waals surface area contributed by atoms with E-state index >= 15 is 0 Å². The van der Waals surface area contributed by atoms with Crippen LogP contribution >= 0.6 is 11.8 Å². The number of methoxy groups -OCH3 is 2. The van der Waals surface area contributed by atoms with E-state index in [2.05, 4.69) is 5.32 Å². The van der Waals surface area contributed by atoms with Gasteiger partial charge < -0.3 is 14.8 Å². The Hall–Kier alpha value is -2.23. The first kappa shape index (κ1) is 20.5. The molecule has 2 aromatic rings. The molecule has 0 spiro atoms. The number of nitrogens with zero attached hydrogens (tertiary/aromatic N) is 1. The Morgan fingerprint density at radius 3 is 2.39 bits per heavy atom. The van der Waals surface area contributed by atoms with Gasteiger partial charge in [-0.2, -0.15) is 4.31 Å². The lowest BCUT2D eigenvalue weighted by atomic mass is 10.2. The van der Waals surface area contributed by atoms with Gasteiger partial charge in [-0.3, -0.25) is 4.79 Å². The number of anilines is 1. The molecule has 0 bridgehead atoms. The SMILES string of the molecule is COc1ccc([C@@H]2SCCN2S(=O)(=O)c2ccc(NC(C)=O)cc2)cc1OC. The summed E-state index contributed by atoms with van der Waals surface area (Å²) in [5, 5.41) is 2.29. The summed E-state index contributed by atoms with van der Waals surface area (Å²) in [5.74, 6) is 1.64. The van der Waals surface area contributed by atoms with Gasteiger partial charge in [-0.15, -0.1) is 11.8 Å². The number of sulfonamides is 1. The van der Waals surface area contributed by atoms with Crippen molar-refractivity contribution in [2.24, 2.45) is 0 Å². The summed E-state index contributed by atoms with van der Waals surface area (Å²) in [6.07, 6.45) is 0. The fourth-order valence-corrected chi connectivity index (χ4v) is 6.25. The van der Waals surface area contributed by atoms with E-state index in [1.165, 1.54) is 23.4 Å². The van der Waals surface area contributed by atoms with Crippen LogP contribution in [0.25, 0.3) is 0 Å². The summed E-state index contributed by atoms with van der Waals surface area (Å²) < 4.78 is 38.5. The highest BCUT2D eigenvalue weighted by molar-refractivity contribution is 8.01. The minimum absolute atomic E-state index is 0.189. The maximum atomic E-state index is 13.2. The zero-order valence-corrected chi connectivity index (χ0v) is 17.5. The molecule has 0 aliphatic carbocycles. The molecular weight excluding hydrogens is 400 g/mol. The van der Waals surface area contributed by atoms with Crippen molar-refractivity contribution in [1.82, 2.24) is 4.31 Å². The molecular formula is C19H22N2O5S2. The molecule has 1 aliphatic heterocycles. The van der Waals surface area contributed by atoms with Crippen molar-refractivity contribution in [3.05, 3.63) is 48.0 Å². The van der Waals surface area contributed by atoms with E-state index < -0.39 is 10.0 Å². The highest BCUT2D eigenvalue weighted by atomic mass is 32.2. The zero-order valence-electron chi connectivity index (χ0n) is 15.8. The average molecular weight is 423 g/mol. The Morgan fingerprint density at radius 1 is 1.11 bits per heavy atom. The van der Waals surface area contributed by atoms with E-state index in [-0.39, 0.29) is 16.2 Å². The van der Waals surface area contributed by atoms with Crippen molar-refractivity contribution in [3.8, 4) is 11.5 Å². The number of amides is 1. The molecule has 1 amide bonds. The highest BCUT2D eigenvalue weighted by Gasteiger charge is 2.37. The van der Waals surface area contributed by atoms with Crippen LogP contribution in [0.4, 0.5) is 5.69 Å². The second-order valence-corrected chi connectivity index (χ2v) is 9.24. The lowest BCUT2D eigenvalue weighted by Crippen LogP contribution is -2.30. The van der Waals surface area contributed by atoms with E-state index in [9.17, 15) is 13.2 Å². The summed E-state index contributed by atoms with van der Waals surface area (Å²) in [6, 6.07) is 11.6. The van der Waals surface area contributed by atoms with Gasteiger partial charge in [-0.1, -0.05) is 6.07 Å². The van der Waals surface area contributed by atoms with Crippen LogP contribution in [-0.4, -0.2) is 45.1 Å². The molecule has 2 aromatic carbocycles. The van der Waals surface area contributed by atoms with Crippen LogP contribution in [-0.2, 0) is 14.8 Å². The maximum absolute atomic E-state index is 13.2. The Kier molecular flexibility index (Phi) is 6.17. The minimum Gasteiger partial charge on any atom is -0.493 e. The Morgan fingerprint density at radius 2 is 1.79 bits per heavy atom. The van der Waals surface area contributed by atoms with Crippen LogP contribution in [0.15, 0.2) is 47.4 Å². The molecule has 1 heterocycles. The number of benzene rings is 2. The van der Waals surface area contributed by atoms with Crippen LogP contribution in [0, 0.1) is 0 Å². The molecule has 7 nitrogen and oxygen atoms in total. The first-order valence-corrected chi connectivity index (χ1v) is 11.1. The quantitative estimate of drug-likeness (QED) is 0.770. The summed E-state index contributed by atoms with van der Waals surface area (Å²) in [5.41, 5.74) is 1.39. The molecule has 0 saturated carbocycles. The second kappa shape index (κ2) is 8.42. The van der Waals surface area contributed by atoms with E-state index in [4.69, 9.17) is 9.47 Å². The summed E-state index contributed by atoms with van der Waals surface area (Å²) in [6.45, 7) is 1.82. The van der Waals surface area contributed by atoms with Gasteiger partial charge in [0.2, 0.25) is 15.9 Å².